The molecule has 168 valence electrons. The molecule has 2 aromatic carbocycles. The van der Waals surface area contributed by atoms with Crippen molar-refractivity contribution in [1.29, 1.82) is 0 Å². The van der Waals surface area contributed by atoms with E-state index in [2.05, 4.69) is 22.0 Å². The van der Waals surface area contributed by atoms with Gasteiger partial charge in [0.15, 0.2) is 5.43 Å². The molecule has 0 aliphatic carbocycles. The zero-order chi connectivity index (χ0) is 22.5. The summed E-state index contributed by atoms with van der Waals surface area (Å²) in [5.74, 6) is 1.40. The van der Waals surface area contributed by atoms with Crippen LogP contribution in [0.15, 0.2) is 88.3 Å². The summed E-state index contributed by atoms with van der Waals surface area (Å²) in [4.78, 5) is 19.1. The van der Waals surface area contributed by atoms with Crippen molar-refractivity contribution in [3.05, 3.63) is 94.9 Å². The minimum Gasteiger partial charge on any atom is -0.494 e. The van der Waals surface area contributed by atoms with E-state index in [1.165, 1.54) is 24.8 Å². The Hall–Kier alpha value is -3.44. The largest absolute Gasteiger partial charge is 0.494 e. The first-order chi connectivity index (χ1) is 16.3. The molecule has 33 heavy (non-hydrogen) atoms. The van der Waals surface area contributed by atoms with Crippen molar-refractivity contribution < 1.29 is 9.15 Å². The molecule has 5 nitrogen and oxygen atoms in total. The van der Waals surface area contributed by atoms with Crippen molar-refractivity contribution >= 4 is 11.0 Å². The van der Waals surface area contributed by atoms with Gasteiger partial charge in [-0.05, 0) is 79.9 Å². The molecule has 0 spiro atoms. The Labute approximate surface area is 193 Å². The summed E-state index contributed by atoms with van der Waals surface area (Å²) >= 11 is 0. The second-order valence-electron chi connectivity index (χ2n) is 8.61. The predicted octanol–water partition coefficient (Wildman–Crippen LogP) is 5.68. The molecule has 1 atom stereocenters. The van der Waals surface area contributed by atoms with Crippen LogP contribution >= 0.6 is 0 Å². The molecule has 1 unspecified atom stereocenters. The van der Waals surface area contributed by atoms with Crippen LogP contribution in [0.4, 0.5) is 0 Å². The van der Waals surface area contributed by atoms with E-state index in [1.807, 2.05) is 54.9 Å². The van der Waals surface area contributed by atoms with Crippen molar-refractivity contribution in [1.82, 2.24) is 9.88 Å². The zero-order valence-electron chi connectivity index (χ0n) is 18.7. The monoisotopic (exact) mass is 440 g/mol. The number of piperidine rings is 1. The number of likely N-dealkylation sites (tertiary alicyclic amines) is 1. The van der Waals surface area contributed by atoms with E-state index in [9.17, 15) is 4.79 Å². The lowest BCUT2D eigenvalue weighted by molar-refractivity contribution is 0.116. The molecule has 0 bridgehead atoms. The van der Waals surface area contributed by atoms with Gasteiger partial charge in [0.2, 0.25) is 0 Å². The molecule has 5 heteroatoms. The highest BCUT2D eigenvalue weighted by molar-refractivity contribution is 5.78. The standard InChI is InChI=1S/C28H28N2O3/c31-26-19-28(33-27-7-2-1-6-25(26)27)22-8-10-24(11-9-22)32-18-14-23-5-3-4-17-30(23)20-21-12-15-29-16-13-21/h1-2,6-13,15-16,19,23H,3-5,14,17-18,20H2. The minimum absolute atomic E-state index is 0.0315. The Balaban J connectivity index is 1.20. The minimum atomic E-state index is -0.0315. The summed E-state index contributed by atoms with van der Waals surface area (Å²) in [7, 11) is 0. The summed E-state index contributed by atoms with van der Waals surface area (Å²) in [6.07, 6.45) is 8.49. The first kappa shape index (κ1) is 21.4. The van der Waals surface area contributed by atoms with Crippen molar-refractivity contribution in [3.8, 4) is 17.1 Å². The van der Waals surface area contributed by atoms with Gasteiger partial charge in [0.05, 0.1) is 12.0 Å². The Morgan fingerprint density at radius 2 is 1.82 bits per heavy atom. The van der Waals surface area contributed by atoms with Crippen molar-refractivity contribution in [2.75, 3.05) is 13.2 Å². The summed E-state index contributed by atoms with van der Waals surface area (Å²) < 4.78 is 12.0. The number of nitrogens with zero attached hydrogens (tertiary/aromatic N) is 2. The van der Waals surface area contributed by atoms with E-state index < -0.39 is 0 Å². The summed E-state index contributed by atoms with van der Waals surface area (Å²) in [6, 6.07) is 21.4. The van der Waals surface area contributed by atoms with E-state index in [0.717, 1.165) is 30.8 Å². The van der Waals surface area contributed by atoms with Gasteiger partial charge in [-0.2, -0.15) is 0 Å². The fourth-order valence-electron chi connectivity index (χ4n) is 4.59. The highest BCUT2D eigenvalue weighted by Gasteiger charge is 2.22. The molecule has 1 aliphatic heterocycles. The topological polar surface area (TPSA) is 55.6 Å². The lowest BCUT2D eigenvalue weighted by atomic mass is 9.99. The highest BCUT2D eigenvalue weighted by Crippen LogP contribution is 2.25. The van der Waals surface area contributed by atoms with E-state index >= 15 is 0 Å². The van der Waals surface area contributed by atoms with Crippen molar-refractivity contribution in [3.63, 3.8) is 0 Å². The molecule has 5 rings (SSSR count). The summed E-state index contributed by atoms with van der Waals surface area (Å²) in [5.41, 5.74) is 2.75. The summed E-state index contributed by atoms with van der Waals surface area (Å²) in [6.45, 7) is 2.79. The van der Waals surface area contributed by atoms with Gasteiger partial charge in [-0.1, -0.05) is 18.6 Å². The number of hydrogen-bond donors (Lipinski definition) is 0. The third kappa shape index (κ3) is 5.15. The molecule has 4 aromatic rings. The summed E-state index contributed by atoms with van der Waals surface area (Å²) in [5, 5.41) is 0.599. The average molecular weight is 441 g/mol. The van der Waals surface area contributed by atoms with Crippen LogP contribution in [-0.2, 0) is 6.54 Å². The van der Waals surface area contributed by atoms with E-state index in [1.54, 1.807) is 12.1 Å². The number of hydrogen-bond acceptors (Lipinski definition) is 5. The number of para-hydroxylation sites is 1. The highest BCUT2D eigenvalue weighted by atomic mass is 16.5. The Morgan fingerprint density at radius 1 is 1.00 bits per heavy atom. The molecule has 0 amide bonds. The number of rotatable bonds is 7. The molecule has 2 aromatic heterocycles. The molecule has 1 saturated heterocycles. The third-order valence-corrected chi connectivity index (χ3v) is 6.38. The van der Waals surface area contributed by atoms with Gasteiger partial charge in [0, 0.05) is 36.6 Å². The smallest absolute Gasteiger partial charge is 0.193 e. The van der Waals surface area contributed by atoms with Gasteiger partial charge < -0.3 is 9.15 Å². The van der Waals surface area contributed by atoms with Crippen LogP contribution in [0.25, 0.3) is 22.3 Å². The van der Waals surface area contributed by atoms with E-state index in [4.69, 9.17) is 9.15 Å². The number of benzene rings is 2. The number of fused-ring (bicyclic) bond motifs is 1. The molecular weight excluding hydrogens is 412 g/mol. The van der Waals surface area contributed by atoms with Crippen LogP contribution in [0.3, 0.4) is 0 Å². The van der Waals surface area contributed by atoms with Crippen LogP contribution in [0.1, 0.15) is 31.2 Å². The lowest BCUT2D eigenvalue weighted by Gasteiger charge is -2.35. The SMILES string of the molecule is O=c1cc(-c2ccc(OCCC3CCCCN3Cc3ccncc3)cc2)oc2ccccc12. The molecular formula is C28H28N2O3. The van der Waals surface area contributed by atoms with Gasteiger partial charge >= 0.3 is 0 Å². The molecule has 1 fully saturated rings. The maximum Gasteiger partial charge on any atom is 0.193 e. The second-order valence-corrected chi connectivity index (χ2v) is 8.61. The number of aromatic nitrogens is 1. The molecule has 3 heterocycles. The number of pyridine rings is 1. The van der Waals surface area contributed by atoms with Gasteiger partial charge in [0.1, 0.15) is 17.1 Å². The first-order valence-electron chi connectivity index (χ1n) is 11.7. The lowest BCUT2D eigenvalue weighted by Crippen LogP contribution is -2.39. The fourth-order valence-corrected chi connectivity index (χ4v) is 4.59. The normalized spacial score (nSPS) is 16.7. The van der Waals surface area contributed by atoms with Crippen LogP contribution in [0.5, 0.6) is 5.75 Å². The Kier molecular flexibility index (Phi) is 6.49. The van der Waals surface area contributed by atoms with Crippen molar-refractivity contribution in [2.24, 2.45) is 0 Å². The van der Waals surface area contributed by atoms with Crippen molar-refractivity contribution in [2.45, 2.75) is 38.3 Å². The first-order valence-corrected chi connectivity index (χ1v) is 11.7. The average Bonchev–Trinajstić information content (AvgIpc) is 2.86. The van der Waals surface area contributed by atoms with Gasteiger partial charge in [0.25, 0.3) is 0 Å². The van der Waals surface area contributed by atoms with E-state index in [0.29, 0.717) is 29.4 Å². The number of ether oxygens (including phenoxy) is 1. The fraction of sp³-hybridized carbons (Fsp3) is 0.286. The molecule has 0 N–H and O–H groups in total. The maximum absolute atomic E-state index is 12.4. The van der Waals surface area contributed by atoms with Gasteiger partial charge in [-0.25, -0.2) is 0 Å². The van der Waals surface area contributed by atoms with Crippen LogP contribution in [0.2, 0.25) is 0 Å². The maximum atomic E-state index is 12.4. The molecule has 0 radical (unpaired) electrons. The van der Waals surface area contributed by atoms with Crippen LogP contribution in [-0.4, -0.2) is 29.1 Å². The zero-order valence-corrected chi connectivity index (χ0v) is 18.7. The Morgan fingerprint density at radius 3 is 2.67 bits per heavy atom. The van der Waals surface area contributed by atoms with E-state index in [-0.39, 0.29) is 5.43 Å². The van der Waals surface area contributed by atoms with Crippen LogP contribution in [0, 0.1) is 0 Å². The Bertz CT molecular complexity index is 1250. The second kappa shape index (κ2) is 10.0. The van der Waals surface area contributed by atoms with Crippen LogP contribution < -0.4 is 10.2 Å². The van der Waals surface area contributed by atoms with Gasteiger partial charge in [-0.3, -0.25) is 14.7 Å². The van der Waals surface area contributed by atoms with Gasteiger partial charge in [-0.15, -0.1) is 0 Å². The quantitative estimate of drug-likeness (QED) is 0.370. The molecule has 1 aliphatic rings. The predicted molar refractivity (Wildman–Crippen MR) is 130 cm³/mol. The third-order valence-electron chi connectivity index (χ3n) is 6.38. The molecule has 0 saturated carbocycles.